The van der Waals surface area contributed by atoms with Crippen LogP contribution >= 0.6 is 11.3 Å². The summed E-state index contributed by atoms with van der Waals surface area (Å²) in [6.45, 7) is 0. The van der Waals surface area contributed by atoms with Gasteiger partial charge < -0.3 is 9.88 Å². The van der Waals surface area contributed by atoms with E-state index in [4.69, 9.17) is 4.99 Å². The van der Waals surface area contributed by atoms with E-state index in [0.29, 0.717) is 0 Å². The Labute approximate surface area is 223 Å². The number of thiophene rings is 1. The maximum Gasteiger partial charge on any atom is 0.184 e. The number of hydrogen-bond donors (Lipinski definition) is 2. The van der Waals surface area contributed by atoms with Crippen molar-refractivity contribution >= 4 is 59.2 Å². The first-order valence-electron chi connectivity index (χ1n) is 12.9. The van der Waals surface area contributed by atoms with Crippen LogP contribution in [0, 0.1) is 0 Å². The summed E-state index contributed by atoms with van der Waals surface area (Å²) in [5.41, 5.74) is 4.66. The predicted octanol–water partition coefficient (Wildman–Crippen LogP) is 7.96. The molecule has 0 fully saturated rings. The molecular formula is C33H24N4S. The van der Waals surface area contributed by atoms with Crippen LogP contribution in [0.3, 0.4) is 0 Å². The molecule has 2 N–H and O–H groups in total. The molecule has 7 aromatic rings. The second-order valence-electron chi connectivity index (χ2n) is 9.70. The molecule has 8 rings (SSSR count). The summed E-state index contributed by atoms with van der Waals surface area (Å²) in [4.78, 5) is 5.29. The summed E-state index contributed by atoms with van der Waals surface area (Å²) in [5, 5.41) is 12.6. The van der Waals surface area contributed by atoms with E-state index in [1.807, 2.05) is 17.4 Å². The summed E-state index contributed by atoms with van der Waals surface area (Å²) in [7, 11) is 0. The number of para-hydroxylation sites is 1. The fourth-order valence-corrected chi connectivity index (χ4v) is 7.00. The monoisotopic (exact) mass is 508 g/mol. The van der Waals surface area contributed by atoms with Crippen LogP contribution in [0.5, 0.6) is 0 Å². The molecule has 38 heavy (non-hydrogen) atoms. The zero-order valence-corrected chi connectivity index (χ0v) is 21.3. The molecule has 0 aliphatic carbocycles. The number of nitrogens with one attached hydrogen (secondary N) is 2. The number of nitrogens with zero attached hydrogens (tertiary/aromatic N) is 2. The Morgan fingerprint density at radius 1 is 0.632 bits per heavy atom. The van der Waals surface area contributed by atoms with E-state index in [0.717, 1.165) is 11.4 Å². The first-order chi connectivity index (χ1) is 18.8. The molecular weight excluding hydrogens is 484 g/mol. The van der Waals surface area contributed by atoms with Crippen LogP contribution in [0.4, 0.5) is 0 Å². The summed E-state index contributed by atoms with van der Waals surface area (Å²) in [6, 6.07) is 42.9. The first kappa shape index (κ1) is 21.6. The van der Waals surface area contributed by atoms with Crippen molar-refractivity contribution in [3.8, 4) is 0 Å². The van der Waals surface area contributed by atoms with Crippen LogP contribution in [0.25, 0.3) is 42.0 Å². The van der Waals surface area contributed by atoms with Gasteiger partial charge in [0.2, 0.25) is 0 Å². The zero-order valence-electron chi connectivity index (χ0n) is 20.5. The Bertz CT molecular complexity index is 1990. The third kappa shape index (κ3) is 3.29. The van der Waals surface area contributed by atoms with Gasteiger partial charge in [0, 0.05) is 31.8 Å². The van der Waals surface area contributed by atoms with Crippen LogP contribution in [0.2, 0.25) is 0 Å². The minimum Gasteiger partial charge on any atom is -0.350 e. The largest absolute Gasteiger partial charge is 0.350 e. The standard InChI is InChI=1S/C33H24N4S/c1-3-11-21(12-4-1)31-34-32(22-13-5-2-6-14-22)36-33(35-31)37-27-17-9-7-15-23(27)25-19-20-26-24-16-8-10-18-28(24)38-30(26)29(25)37/h1-20,31,33,35H,(H,34,36). The molecule has 0 radical (unpaired) electrons. The smallest absolute Gasteiger partial charge is 0.184 e. The summed E-state index contributed by atoms with van der Waals surface area (Å²) in [5.74, 6) is 0.887. The lowest BCUT2D eigenvalue weighted by Crippen LogP contribution is -2.46. The fraction of sp³-hybridized carbons (Fsp3) is 0.0606. The molecule has 0 bridgehead atoms. The predicted molar refractivity (Wildman–Crippen MR) is 160 cm³/mol. The van der Waals surface area contributed by atoms with Crippen LogP contribution in [0.15, 0.2) is 126 Å². The molecule has 2 unspecified atom stereocenters. The van der Waals surface area contributed by atoms with E-state index >= 15 is 0 Å². The molecule has 1 aliphatic heterocycles. The van der Waals surface area contributed by atoms with Crippen molar-refractivity contribution in [1.82, 2.24) is 15.2 Å². The van der Waals surface area contributed by atoms with Gasteiger partial charge in [-0.3, -0.25) is 5.32 Å². The Balaban J connectivity index is 1.43. The van der Waals surface area contributed by atoms with E-state index in [2.05, 4.69) is 130 Å². The SMILES string of the molecule is c1ccc(C2=NC(n3c4ccccc4c4ccc5c6ccccc6sc5c43)NC(c3ccccc3)N2)cc1. The van der Waals surface area contributed by atoms with E-state index < -0.39 is 0 Å². The lowest BCUT2D eigenvalue weighted by molar-refractivity contribution is 0.341. The molecule has 3 heterocycles. The van der Waals surface area contributed by atoms with Gasteiger partial charge in [0.05, 0.1) is 15.7 Å². The van der Waals surface area contributed by atoms with Crippen molar-refractivity contribution < 1.29 is 0 Å². The van der Waals surface area contributed by atoms with Crippen molar-refractivity contribution in [3.63, 3.8) is 0 Å². The molecule has 182 valence electrons. The van der Waals surface area contributed by atoms with Gasteiger partial charge in [-0.15, -0.1) is 11.3 Å². The number of amidine groups is 1. The number of hydrogen-bond acceptors (Lipinski definition) is 4. The van der Waals surface area contributed by atoms with Gasteiger partial charge in [-0.05, 0) is 17.7 Å². The van der Waals surface area contributed by atoms with Crippen molar-refractivity contribution in [1.29, 1.82) is 0 Å². The highest BCUT2D eigenvalue weighted by Gasteiger charge is 2.28. The average Bonchev–Trinajstić information content (AvgIpc) is 3.54. The van der Waals surface area contributed by atoms with E-state index in [9.17, 15) is 0 Å². The van der Waals surface area contributed by atoms with Gasteiger partial charge in [0.15, 0.2) is 6.29 Å². The number of rotatable bonds is 3. The van der Waals surface area contributed by atoms with Gasteiger partial charge in [-0.25, -0.2) is 4.99 Å². The van der Waals surface area contributed by atoms with Crippen molar-refractivity contribution in [3.05, 3.63) is 132 Å². The second kappa shape index (κ2) is 8.55. The quantitative estimate of drug-likeness (QED) is 0.254. The normalized spacial score (nSPS) is 17.7. The Kier molecular flexibility index (Phi) is 4.87. The molecule has 4 nitrogen and oxygen atoms in total. The molecule has 5 aromatic carbocycles. The first-order valence-corrected chi connectivity index (χ1v) is 13.7. The van der Waals surface area contributed by atoms with E-state index in [-0.39, 0.29) is 12.5 Å². The van der Waals surface area contributed by atoms with Crippen LogP contribution in [-0.4, -0.2) is 10.4 Å². The zero-order chi connectivity index (χ0) is 25.1. The third-order valence-electron chi connectivity index (χ3n) is 7.49. The maximum absolute atomic E-state index is 5.29. The number of benzene rings is 5. The molecule has 2 atom stereocenters. The second-order valence-corrected chi connectivity index (χ2v) is 10.7. The maximum atomic E-state index is 5.29. The summed E-state index contributed by atoms with van der Waals surface area (Å²) in [6.07, 6.45) is -0.387. The highest BCUT2D eigenvalue weighted by atomic mass is 32.1. The van der Waals surface area contributed by atoms with Crippen LogP contribution in [-0.2, 0) is 0 Å². The van der Waals surface area contributed by atoms with Gasteiger partial charge in [0.25, 0.3) is 0 Å². The van der Waals surface area contributed by atoms with Gasteiger partial charge in [0.1, 0.15) is 12.0 Å². The molecule has 0 saturated heterocycles. The molecule has 1 aliphatic rings. The lowest BCUT2D eigenvalue weighted by Gasteiger charge is -2.33. The Morgan fingerprint density at radius 3 is 2.16 bits per heavy atom. The molecule has 0 saturated carbocycles. The minimum atomic E-state index is -0.296. The molecule has 0 spiro atoms. The lowest BCUT2D eigenvalue weighted by atomic mass is 10.1. The van der Waals surface area contributed by atoms with Crippen LogP contribution < -0.4 is 10.6 Å². The fourth-order valence-electron chi connectivity index (χ4n) is 5.75. The Hall–Kier alpha value is -4.45. The van der Waals surface area contributed by atoms with Crippen molar-refractivity contribution in [2.75, 3.05) is 0 Å². The highest BCUT2D eigenvalue weighted by Crippen LogP contribution is 2.43. The average molecular weight is 509 g/mol. The molecule has 2 aromatic heterocycles. The van der Waals surface area contributed by atoms with Crippen molar-refractivity contribution in [2.24, 2.45) is 4.99 Å². The summed E-state index contributed by atoms with van der Waals surface area (Å²) >= 11 is 1.87. The summed E-state index contributed by atoms with van der Waals surface area (Å²) < 4.78 is 5.01. The number of fused-ring (bicyclic) bond motifs is 7. The topological polar surface area (TPSA) is 41.4 Å². The molecule has 0 amide bonds. The third-order valence-corrected chi connectivity index (χ3v) is 8.68. The van der Waals surface area contributed by atoms with E-state index in [1.165, 1.54) is 47.5 Å². The van der Waals surface area contributed by atoms with Gasteiger partial charge >= 0.3 is 0 Å². The Morgan fingerprint density at radius 2 is 1.32 bits per heavy atom. The highest BCUT2D eigenvalue weighted by molar-refractivity contribution is 7.26. The van der Waals surface area contributed by atoms with Crippen molar-refractivity contribution in [2.45, 2.75) is 12.5 Å². The van der Waals surface area contributed by atoms with Crippen LogP contribution in [0.1, 0.15) is 23.6 Å². The number of aromatic nitrogens is 1. The molecule has 5 heteroatoms. The van der Waals surface area contributed by atoms with Gasteiger partial charge in [-0.2, -0.15) is 0 Å². The number of aliphatic imine (C=N–C) groups is 1. The minimum absolute atomic E-state index is 0.0910. The van der Waals surface area contributed by atoms with E-state index in [1.54, 1.807) is 0 Å². The van der Waals surface area contributed by atoms with Gasteiger partial charge in [-0.1, -0.05) is 109 Å².